The number of carbonyl (C=O) groups excluding carboxylic acids is 1. The SMILES string of the molecule is O=C(O)C(F)(F)F.[2H]C1CCc2cc(ccn2)-c2c(cnn2C)NC(=O)C(C)C1[2H]. The van der Waals surface area contributed by atoms with Gasteiger partial charge in [0.15, 0.2) is 0 Å². The highest BCUT2D eigenvalue weighted by Crippen LogP contribution is 2.29. The summed E-state index contributed by atoms with van der Waals surface area (Å²) >= 11 is 0. The van der Waals surface area contributed by atoms with Crippen molar-refractivity contribution in [3.05, 3.63) is 30.2 Å². The minimum Gasteiger partial charge on any atom is -0.475 e. The number of aromatic nitrogens is 3. The van der Waals surface area contributed by atoms with Crippen LogP contribution in [0.2, 0.25) is 0 Å². The Balaban J connectivity index is 0.000000396. The van der Waals surface area contributed by atoms with E-state index in [1.807, 2.05) is 19.2 Å². The number of hydrogen-bond donors (Lipinski definition) is 2. The number of hydrogen-bond acceptors (Lipinski definition) is 4. The monoisotopic (exact) mass is 400 g/mol. The van der Waals surface area contributed by atoms with Crippen LogP contribution in [0.1, 0.15) is 34.6 Å². The molecule has 0 saturated heterocycles. The third-order valence-electron chi connectivity index (χ3n) is 3.93. The molecule has 152 valence electrons. The normalized spacial score (nSPS) is 23.5. The van der Waals surface area contributed by atoms with E-state index in [0.717, 1.165) is 17.0 Å². The Morgan fingerprint density at radius 2 is 2.14 bits per heavy atom. The first-order valence-corrected chi connectivity index (χ1v) is 8.34. The van der Waals surface area contributed by atoms with E-state index in [9.17, 15) is 18.0 Å². The van der Waals surface area contributed by atoms with Gasteiger partial charge >= 0.3 is 12.1 Å². The molecule has 0 spiro atoms. The van der Waals surface area contributed by atoms with Crippen LogP contribution >= 0.6 is 0 Å². The zero-order chi connectivity index (χ0) is 22.6. The van der Waals surface area contributed by atoms with Crippen LogP contribution in [0.25, 0.3) is 11.3 Å². The van der Waals surface area contributed by atoms with Crippen molar-refractivity contribution in [1.82, 2.24) is 14.8 Å². The van der Waals surface area contributed by atoms with Gasteiger partial charge < -0.3 is 10.4 Å². The van der Waals surface area contributed by atoms with E-state index in [-0.39, 0.29) is 5.91 Å². The van der Waals surface area contributed by atoms with Gasteiger partial charge in [0.2, 0.25) is 5.91 Å². The predicted octanol–water partition coefficient (Wildman–Crippen LogP) is 3.42. The van der Waals surface area contributed by atoms with E-state index < -0.39 is 30.9 Å². The fourth-order valence-corrected chi connectivity index (χ4v) is 2.50. The zero-order valence-corrected chi connectivity index (χ0v) is 15.2. The van der Waals surface area contributed by atoms with Crippen molar-refractivity contribution in [3.8, 4) is 11.3 Å². The molecule has 2 aromatic rings. The van der Waals surface area contributed by atoms with Crippen LogP contribution in [-0.2, 0) is 23.1 Å². The van der Waals surface area contributed by atoms with Crippen LogP contribution in [-0.4, -0.2) is 37.9 Å². The second-order valence-corrected chi connectivity index (χ2v) is 6.11. The van der Waals surface area contributed by atoms with Gasteiger partial charge in [-0.1, -0.05) is 13.3 Å². The molecule has 0 aromatic carbocycles. The number of carboxylic acids is 1. The molecule has 1 amide bonds. The molecule has 2 bridgehead atoms. The van der Waals surface area contributed by atoms with Crippen molar-refractivity contribution in [1.29, 1.82) is 0 Å². The number of alkyl halides is 3. The third kappa shape index (κ3) is 5.54. The topological polar surface area (TPSA) is 97.1 Å². The summed E-state index contributed by atoms with van der Waals surface area (Å²) in [4.78, 5) is 25.7. The van der Waals surface area contributed by atoms with E-state index >= 15 is 0 Å². The Morgan fingerprint density at radius 3 is 2.79 bits per heavy atom. The van der Waals surface area contributed by atoms with Crippen LogP contribution in [0.4, 0.5) is 18.9 Å². The van der Waals surface area contributed by atoms with E-state index in [2.05, 4.69) is 15.4 Å². The molecule has 3 atom stereocenters. The van der Waals surface area contributed by atoms with Gasteiger partial charge in [-0.3, -0.25) is 14.5 Å². The average Bonchev–Trinajstić information content (AvgIpc) is 3.04. The van der Waals surface area contributed by atoms with Crippen LogP contribution in [0.15, 0.2) is 24.5 Å². The second kappa shape index (κ2) is 8.85. The van der Waals surface area contributed by atoms with Crippen LogP contribution in [0.3, 0.4) is 0 Å². The molecule has 2 aromatic heterocycles. The number of carboxylic acid groups (broad SMARTS) is 1. The molecule has 1 aliphatic heterocycles. The summed E-state index contributed by atoms with van der Waals surface area (Å²) in [5.74, 6) is -3.56. The first-order valence-electron chi connectivity index (χ1n) is 9.50. The van der Waals surface area contributed by atoms with Gasteiger partial charge in [0, 0.05) is 33.2 Å². The highest BCUT2D eigenvalue weighted by atomic mass is 19.4. The van der Waals surface area contributed by atoms with Gasteiger partial charge in [0.1, 0.15) is 0 Å². The number of halogens is 3. The van der Waals surface area contributed by atoms with Gasteiger partial charge in [0.25, 0.3) is 0 Å². The Morgan fingerprint density at radius 1 is 1.46 bits per heavy atom. The lowest BCUT2D eigenvalue weighted by Crippen LogP contribution is -2.21. The maximum absolute atomic E-state index is 12.4. The first kappa shape index (κ1) is 18.5. The van der Waals surface area contributed by atoms with Gasteiger partial charge in [-0.15, -0.1) is 0 Å². The number of amides is 1. The maximum Gasteiger partial charge on any atom is 0.490 e. The Labute approximate surface area is 162 Å². The third-order valence-corrected chi connectivity index (χ3v) is 3.93. The van der Waals surface area contributed by atoms with Gasteiger partial charge in [-0.2, -0.15) is 18.3 Å². The number of nitrogens with one attached hydrogen (secondary N) is 1. The van der Waals surface area contributed by atoms with Crippen molar-refractivity contribution in [3.63, 3.8) is 0 Å². The zero-order valence-electron chi connectivity index (χ0n) is 17.2. The molecule has 7 nitrogen and oxygen atoms in total. The lowest BCUT2D eigenvalue weighted by atomic mass is 10.00. The number of pyridine rings is 1. The molecule has 0 radical (unpaired) electrons. The summed E-state index contributed by atoms with van der Waals surface area (Å²) in [5.41, 5.74) is 3.26. The van der Waals surface area contributed by atoms with Crippen LogP contribution in [0.5, 0.6) is 0 Å². The summed E-state index contributed by atoms with van der Waals surface area (Å²) in [6, 6.07) is 3.85. The highest BCUT2D eigenvalue weighted by molar-refractivity contribution is 5.95. The molecule has 3 heterocycles. The first-order chi connectivity index (χ1) is 13.9. The molecule has 3 unspecified atom stereocenters. The number of aliphatic carboxylic acids is 1. The number of anilines is 1. The fraction of sp³-hybridized carbons (Fsp3) is 0.444. The Hall–Kier alpha value is -2.91. The lowest BCUT2D eigenvalue weighted by Gasteiger charge is -2.14. The number of aryl methyl sites for hydroxylation is 2. The molecule has 0 fully saturated rings. The molecule has 28 heavy (non-hydrogen) atoms. The number of fused-ring (bicyclic) bond motifs is 4. The van der Waals surface area contributed by atoms with Gasteiger partial charge in [-0.25, -0.2) is 4.79 Å². The summed E-state index contributed by atoms with van der Waals surface area (Å²) in [7, 11) is 1.83. The Kier molecular flexibility index (Phi) is 5.83. The number of carbonyl (C=O) groups is 2. The highest BCUT2D eigenvalue weighted by Gasteiger charge is 2.38. The summed E-state index contributed by atoms with van der Waals surface area (Å²) in [6.07, 6.45) is -1.98. The van der Waals surface area contributed by atoms with Crippen molar-refractivity contribution < 1.29 is 30.6 Å². The quantitative estimate of drug-likeness (QED) is 0.706. The largest absolute Gasteiger partial charge is 0.490 e. The summed E-state index contributed by atoms with van der Waals surface area (Å²) < 4.78 is 49.8. The molecule has 0 saturated carbocycles. The van der Waals surface area contributed by atoms with Crippen molar-refractivity contribution in [2.75, 3.05) is 5.32 Å². The maximum atomic E-state index is 12.4. The van der Waals surface area contributed by atoms with E-state index in [4.69, 9.17) is 12.6 Å². The lowest BCUT2D eigenvalue weighted by molar-refractivity contribution is -0.192. The molecule has 0 aliphatic carbocycles. The predicted molar refractivity (Wildman–Crippen MR) is 95.5 cm³/mol. The molecular weight excluding hydrogens is 377 g/mol. The van der Waals surface area contributed by atoms with Crippen molar-refractivity contribution in [2.45, 2.75) is 38.7 Å². The summed E-state index contributed by atoms with van der Waals surface area (Å²) in [5, 5.41) is 14.2. The standard InChI is InChI=1S/C16H20N4O.C2HF3O2/c1-11-5-3-4-6-13-9-12(7-8-17-13)15-14(19-16(11)21)10-18-20(15)2;3-2(4,5)1(6)7/h7-11H,3-6H2,1-2H3,(H,19,21);(H,6,7)/i3D,5D;. The smallest absolute Gasteiger partial charge is 0.475 e. The number of nitrogens with zero attached hydrogens (tertiary/aromatic N) is 3. The van der Waals surface area contributed by atoms with Crippen LogP contribution < -0.4 is 5.32 Å². The summed E-state index contributed by atoms with van der Waals surface area (Å²) in [6.45, 7) is 1.70. The van der Waals surface area contributed by atoms with Crippen LogP contribution in [0, 0.1) is 5.92 Å². The van der Waals surface area contributed by atoms with E-state index in [1.54, 1.807) is 24.0 Å². The molecule has 2 N–H and O–H groups in total. The average molecular weight is 400 g/mol. The van der Waals surface area contributed by atoms with Gasteiger partial charge in [0.05, 0.1) is 17.6 Å². The molecular formula is C18H21F3N4O3. The van der Waals surface area contributed by atoms with E-state index in [0.29, 0.717) is 18.5 Å². The second-order valence-electron chi connectivity index (χ2n) is 6.11. The van der Waals surface area contributed by atoms with E-state index in [1.165, 1.54) is 0 Å². The Bertz CT molecular complexity index is 920. The number of rotatable bonds is 0. The molecule has 3 rings (SSSR count). The van der Waals surface area contributed by atoms with Gasteiger partial charge in [-0.05, 0) is 31.4 Å². The molecule has 1 aliphatic rings. The fourth-order valence-electron chi connectivity index (χ4n) is 2.50. The van der Waals surface area contributed by atoms with Crippen molar-refractivity contribution in [2.24, 2.45) is 13.0 Å². The minimum atomic E-state index is -5.08. The minimum absolute atomic E-state index is 0.244. The molecule has 10 heteroatoms. The van der Waals surface area contributed by atoms with Crippen molar-refractivity contribution >= 4 is 17.6 Å².